The van der Waals surface area contributed by atoms with Crippen LogP contribution < -0.4 is 15.2 Å². The summed E-state index contributed by atoms with van der Waals surface area (Å²) in [5.41, 5.74) is 0. The second kappa shape index (κ2) is 6.42. The zero-order valence-corrected chi connectivity index (χ0v) is 9.85. The van der Waals surface area contributed by atoms with Crippen molar-refractivity contribution in [3.63, 3.8) is 0 Å². The molecule has 1 aliphatic carbocycles. The van der Waals surface area contributed by atoms with Gasteiger partial charge in [-0.05, 0) is 12.8 Å². The molecular weight excluding hydrogens is 214 g/mol. The fraction of sp³-hybridized carbons (Fsp3) is 1.00. The maximum absolute atomic E-state index is 10.6. The van der Waals surface area contributed by atoms with Gasteiger partial charge in [-0.15, -0.1) is 0 Å². The predicted octanol–water partition coefficient (Wildman–Crippen LogP) is 0.0919. The zero-order valence-electron chi connectivity index (χ0n) is 9.04. The minimum absolute atomic E-state index is 0.370. The Kier molecular flexibility index (Phi) is 5.52. The molecule has 0 amide bonds. The number of nitrogens with one attached hydrogen (secondary N) is 2. The van der Waals surface area contributed by atoms with Crippen LogP contribution in [0.3, 0.4) is 0 Å². The molecule has 0 unspecified atom stereocenters. The van der Waals surface area contributed by atoms with Crippen LogP contribution in [0.5, 0.6) is 0 Å². The molecule has 0 atom stereocenters. The van der Waals surface area contributed by atoms with Crippen LogP contribution in [-0.4, -0.2) is 27.5 Å². The Morgan fingerprint density at radius 1 is 1.07 bits per heavy atom. The van der Waals surface area contributed by atoms with Gasteiger partial charge in [-0.25, -0.2) is 9.86 Å². The van der Waals surface area contributed by atoms with Crippen molar-refractivity contribution < 1.29 is 8.42 Å². The van der Waals surface area contributed by atoms with Gasteiger partial charge < -0.3 is 5.32 Å². The van der Waals surface area contributed by atoms with Crippen LogP contribution in [0.2, 0.25) is 0 Å². The standard InChI is InChI=1S/C9H21N3O2S/c10-15(13,14)12-8-7-11-9-5-3-1-2-4-6-9/h9,11-12H,1-8H2,(H2,10,13,14). The SMILES string of the molecule is NS(=O)(=O)NCCNC1CCCCCC1. The number of hydrogen-bond acceptors (Lipinski definition) is 3. The first-order chi connectivity index (χ1) is 7.08. The summed E-state index contributed by atoms with van der Waals surface area (Å²) in [6.45, 7) is 1.02. The summed E-state index contributed by atoms with van der Waals surface area (Å²) in [7, 11) is -3.52. The molecule has 1 aliphatic rings. The third-order valence-corrected chi connectivity index (χ3v) is 3.32. The van der Waals surface area contributed by atoms with Gasteiger partial charge in [0, 0.05) is 19.1 Å². The molecule has 0 aromatic heterocycles. The molecule has 0 radical (unpaired) electrons. The van der Waals surface area contributed by atoms with Crippen LogP contribution in [0.4, 0.5) is 0 Å². The van der Waals surface area contributed by atoms with Crippen LogP contribution >= 0.6 is 0 Å². The van der Waals surface area contributed by atoms with Crippen LogP contribution in [-0.2, 0) is 10.2 Å². The third kappa shape index (κ3) is 6.83. The molecule has 15 heavy (non-hydrogen) atoms. The third-order valence-electron chi connectivity index (χ3n) is 2.72. The Morgan fingerprint density at radius 2 is 1.67 bits per heavy atom. The number of hydrogen-bond donors (Lipinski definition) is 3. The van der Waals surface area contributed by atoms with Crippen molar-refractivity contribution in [3.8, 4) is 0 Å². The predicted molar refractivity (Wildman–Crippen MR) is 60.6 cm³/mol. The highest BCUT2D eigenvalue weighted by atomic mass is 32.2. The lowest BCUT2D eigenvalue weighted by molar-refractivity contribution is 0.461. The van der Waals surface area contributed by atoms with Gasteiger partial charge in [-0.1, -0.05) is 25.7 Å². The molecule has 6 heteroatoms. The molecule has 90 valence electrons. The van der Waals surface area contributed by atoms with Crippen molar-refractivity contribution in [2.24, 2.45) is 5.14 Å². The Bertz CT molecular complexity index is 259. The molecule has 0 saturated heterocycles. The van der Waals surface area contributed by atoms with E-state index in [1.165, 1.54) is 38.5 Å². The molecule has 0 bridgehead atoms. The highest BCUT2D eigenvalue weighted by molar-refractivity contribution is 7.87. The van der Waals surface area contributed by atoms with E-state index in [0.717, 1.165) is 0 Å². The first-order valence-corrected chi connectivity index (χ1v) is 7.13. The Hall–Kier alpha value is -0.170. The minimum Gasteiger partial charge on any atom is -0.313 e. The van der Waals surface area contributed by atoms with Crippen molar-refractivity contribution in [2.45, 2.75) is 44.6 Å². The molecule has 0 spiro atoms. The lowest BCUT2D eigenvalue weighted by Gasteiger charge is -2.15. The molecular formula is C9H21N3O2S. The van der Waals surface area contributed by atoms with Gasteiger partial charge in [-0.3, -0.25) is 0 Å². The molecule has 4 N–H and O–H groups in total. The molecule has 0 aliphatic heterocycles. The summed E-state index contributed by atoms with van der Waals surface area (Å²) < 4.78 is 23.4. The van der Waals surface area contributed by atoms with Crippen LogP contribution in [0.1, 0.15) is 38.5 Å². The molecule has 0 aromatic rings. The van der Waals surface area contributed by atoms with Crippen LogP contribution in [0.25, 0.3) is 0 Å². The van der Waals surface area contributed by atoms with Crippen molar-refractivity contribution in [3.05, 3.63) is 0 Å². The fourth-order valence-corrected chi connectivity index (χ4v) is 2.34. The molecule has 0 heterocycles. The zero-order chi connectivity index (χ0) is 11.1. The molecule has 1 saturated carbocycles. The van der Waals surface area contributed by atoms with E-state index >= 15 is 0 Å². The van der Waals surface area contributed by atoms with E-state index in [-0.39, 0.29) is 0 Å². The highest BCUT2D eigenvalue weighted by Crippen LogP contribution is 2.16. The van der Waals surface area contributed by atoms with Gasteiger partial charge >= 0.3 is 0 Å². The van der Waals surface area contributed by atoms with Gasteiger partial charge in [0.05, 0.1) is 0 Å². The lowest BCUT2D eigenvalue weighted by Crippen LogP contribution is -2.39. The Morgan fingerprint density at radius 3 is 2.20 bits per heavy atom. The maximum atomic E-state index is 10.6. The second-order valence-corrected chi connectivity index (χ2v) is 5.46. The topological polar surface area (TPSA) is 84.2 Å². The molecule has 5 nitrogen and oxygen atoms in total. The van der Waals surface area contributed by atoms with Crippen LogP contribution in [0, 0.1) is 0 Å². The average Bonchev–Trinajstić information content (AvgIpc) is 2.39. The fourth-order valence-electron chi connectivity index (χ4n) is 1.95. The monoisotopic (exact) mass is 235 g/mol. The largest absolute Gasteiger partial charge is 0.313 e. The van der Waals surface area contributed by atoms with Crippen molar-refractivity contribution in [1.82, 2.24) is 10.0 Å². The minimum atomic E-state index is -3.52. The van der Waals surface area contributed by atoms with Crippen molar-refractivity contribution in [1.29, 1.82) is 0 Å². The Labute approximate surface area is 92.0 Å². The summed E-state index contributed by atoms with van der Waals surface area (Å²) in [4.78, 5) is 0. The molecule has 1 rings (SSSR count). The lowest BCUT2D eigenvalue weighted by atomic mass is 10.1. The van der Waals surface area contributed by atoms with Gasteiger partial charge in [-0.2, -0.15) is 8.42 Å². The van der Waals surface area contributed by atoms with Gasteiger partial charge in [0.25, 0.3) is 10.2 Å². The van der Waals surface area contributed by atoms with Crippen molar-refractivity contribution >= 4 is 10.2 Å². The van der Waals surface area contributed by atoms with Crippen LogP contribution in [0.15, 0.2) is 0 Å². The smallest absolute Gasteiger partial charge is 0.274 e. The number of rotatable bonds is 5. The normalized spacial score (nSPS) is 20.1. The summed E-state index contributed by atoms with van der Waals surface area (Å²) in [6.07, 6.45) is 7.62. The quantitative estimate of drug-likeness (QED) is 0.466. The summed E-state index contributed by atoms with van der Waals surface area (Å²) in [5, 5.41) is 8.16. The first-order valence-electron chi connectivity index (χ1n) is 5.59. The summed E-state index contributed by atoms with van der Waals surface area (Å²) >= 11 is 0. The highest BCUT2D eigenvalue weighted by Gasteiger charge is 2.10. The van der Waals surface area contributed by atoms with E-state index in [1.54, 1.807) is 0 Å². The number of nitrogens with two attached hydrogens (primary N) is 1. The van der Waals surface area contributed by atoms with E-state index in [9.17, 15) is 8.42 Å². The van der Waals surface area contributed by atoms with E-state index in [0.29, 0.717) is 19.1 Å². The molecule has 0 aromatic carbocycles. The average molecular weight is 235 g/mol. The molecule has 1 fully saturated rings. The summed E-state index contributed by atoms with van der Waals surface area (Å²) in [5.74, 6) is 0. The van der Waals surface area contributed by atoms with Gasteiger partial charge in [0.2, 0.25) is 0 Å². The maximum Gasteiger partial charge on any atom is 0.274 e. The van der Waals surface area contributed by atoms with Crippen molar-refractivity contribution in [2.75, 3.05) is 13.1 Å². The van der Waals surface area contributed by atoms with Gasteiger partial charge in [0.1, 0.15) is 0 Å². The van der Waals surface area contributed by atoms with E-state index in [1.807, 2.05) is 0 Å². The first kappa shape index (κ1) is 12.9. The van der Waals surface area contributed by atoms with E-state index in [2.05, 4.69) is 10.0 Å². The van der Waals surface area contributed by atoms with Gasteiger partial charge in [0.15, 0.2) is 0 Å². The summed E-state index contributed by atoms with van der Waals surface area (Å²) in [6, 6.07) is 0.551. The van der Waals surface area contributed by atoms with E-state index in [4.69, 9.17) is 5.14 Å². The Balaban J connectivity index is 2.08. The second-order valence-electron chi connectivity index (χ2n) is 4.08. The van der Waals surface area contributed by atoms with E-state index < -0.39 is 10.2 Å².